The molecular formula is C11H12O2. The molecule has 0 bridgehead atoms. The molecule has 1 aliphatic carbocycles. The van der Waals surface area contributed by atoms with Crippen LogP contribution in [0.15, 0.2) is 30.3 Å². The van der Waals surface area contributed by atoms with E-state index in [1.807, 2.05) is 37.3 Å². The number of carboxylic acids is 1. The summed E-state index contributed by atoms with van der Waals surface area (Å²) in [6.07, 6.45) is 0. The van der Waals surface area contributed by atoms with E-state index in [-0.39, 0.29) is 11.8 Å². The first-order chi connectivity index (χ1) is 6.22. The Morgan fingerprint density at radius 2 is 1.92 bits per heavy atom. The standard InChI is InChI=1S/C11H12O2/c1-7-9(10(7)11(12)13)8-5-3-2-4-6-8/h2-7,9-10H,1H3,(H,12,13)/t7-,9-,10-/m0/s1. The molecule has 1 aromatic rings. The third kappa shape index (κ3) is 1.32. The summed E-state index contributed by atoms with van der Waals surface area (Å²) in [7, 11) is 0. The van der Waals surface area contributed by atoms with E-state index in [9.17, 15) is 4.79 Å². The number of benzene rings is 1. The first kappa shape index (κ1) is 8.30. The van der Waals surface area contributed by atoms with E-state index >= 15 is 0 Å². The van der Waals surface area contributed by atoms with Crippen LogP contribution in [0.2, 0.25) is 0 Å². The van der Waals surface area contributed by atoms with Gasteiger partial charge in [0.1, 0.15) is 0 Å². The monoisotopic (exact) mass is 176 g/mol. The largest absolute Gasteiger partial charge is 0.481 e. The van der Waals surface area contributed by atoms with Gasteiger partial charge in [-0.3, -0.25) is 4.79 Å². The highest BCUT2D eigenvalue weighted by molar-refractivity contribution is 5.76. The van der Waals surface area contributed by atoms with Gasteiger partial charge in [0.2, 0.25) is 0 Å². The molecule has 1 saturated carbocycles. The minimum atomic E-state index is -0.665. The van der Waals surface area contributed by atoms with Gasteiger partial charge in [-0.15, -0.1) is 0 Å². The lowest BCUT2D eigenvalue weighted by molar-refractivity contribution is -0.138. The minimum Gasteiger partial charge on any atom is -0.481 e. The maximum absolute atomic E-state index is 10.8. The van der Waals surface area contributed by atoms with Crippen LogP contribution in [-0.2, 0) is 4.79 Å². The van der Waals surface area contributed by atoms with Crippen LogP contribution in [0, 0.1) is 11.8 Å². The van der Waals surface area contributed by atoms with Crippen LogP contribution in [0.25, 0.3) is 0 Å². The number of aliphatic carboxylic acids is 1. The SMILES string of the molecule is C[C@@H]1[C@H](C(=O)O)[C@@H]1c1ccccc1. The molecule has 0 unspecified atom stereocenters. The maximum atomic E-state index is 10.8. The van der Waals surface area contributed by atoms with Crippen molar-refractivity contribution in [2.45, 2.75) is 12.8 Å². The Morgan fingerprint density at radius 3 is 2.38 bits per heavy atom. The highest BCUT2D eigenvalue weighted by Crippen LogP contribution is 2.53. The van der Waals surface area contributed by atoms with E-state index < -0.39 is 5.97 Å². The molecule has 2 heteroatoms. The number of rotatable bonds is 2. The third-order valence-corrected chi connectivity index (χ3v) is 2.85. The van der Waals surface area contributed by atoms with Crippen LogP contribution in [-0.4, -0.2) is 11.1 Å². The molecule has 0 saturated heterocycles. The Bertz CT molecular complexity index is 318. The summed E-state index contributed by atoms with van der Waals surface area (Å²) in [5.41, 5.74) is 1.16. The molecular weight excluding hydrogens is 164 g/mol. The Hall–Kier alpha value is -1.31. The summed E-state index contributed by atoms with van der Waals surface area (Å²) < 4.78 is 0. The van der Waals surface area contributed by atoms with Gasteiger partial charge in [-0.25, -0.2) is 0 Å². The molecule has 1 aromatic carbocycles. The van der Waals surface area contributed by atoms with Gasteiger partial charge in [0.15, 0.2) is 0 Å². The summed E-state index contributed by atoms with van der Waals surface area (Å²) in [5, 5.41) is 8.86. The lowest BCUT2D eigenvalue weighted by Gasteiger charge is -1.96. The molecule has 0 radical (unpaired) electrons. The van der Waals surface area contributed by atoms with Crippen molar-refractivity contribution < 1.29 is 9.90 Å². The number of carbonyl (C=O) groups is 1. The summed E-state index contributed by atoms with van der Waals surface area (Å²) >= 11 is 0. The van der Waals surface area contributed by atoms with Gasteiger partial charge in [0.25, 0.3) is 0 Å². The first-order valence-electron chi connectivity index (χ1n) is 4.49. The summed E-state index contributed by atoms with van der Waals surface area (Å²) in [6.45, 7) is 2.00. The Balaban J connectivity index is 2.18. The van der Waals surface area contributed by atoms with E-state index in [2.05, 4.69) is 0 Å². The average Bonchev–Trinajstić information content (AvgIpc) is 2.79. The number of hydrogen-bond acceptors (Lipinski definition) is 1. The van der Waals surface area contributed by atoms with Crippen molar-refractivity contribution >= 4 is 5.97 Å². The lowest BCUT2D eigenvalue weighted by atomic mass is 10.1. The molecule has 1 aliphatic rings. The minimum absolute atomic E-state index is 0.164. The molecule has 1 N–H and O–H groups in total. The van der Waals surface area contributed by atoms with Crippen LogP contribution < -0.4 is 0 Å². The molecule has 0 heterocycles. The van der Waals surface area contributed by atoms with Crippen molar-refractivity contribution in [2.75, 3.05) is 0 Å². The molecule has 68 valence electrons. The highest BCUT2D eigenvalue weighted by atomic mass is 16.4. The van der Waals surface area contributed by atoms with E-state index in [4.69, 9.17) is 5.11 Å². The quantitative estimate of drug-likeness (QED) is 0.749. The second kappa shape index (κ2) is 2.87. The summed E-state index contributed by atoms with van der Waals surface area (Å²) in [5.74, 6) is -0.303. The molecule has 2 rings (SSSR count). The zero-order valence-corrected chi connectivity index (χ0v) is 7.47. The molecule has 0 amide bonds. The summed E-state index contributed by atoms with van der Waals surface area (Å²) in [6, 6.07) is 9.87. The number of hydrogen-bond donors (Lipinski definition) is 1. The fraction of sp³-hybridized carbons (Fsp3) is 0.364. The Morgan fingerprint density at radius 1 is 1.31 bits per heavy atom. The van der Waals surface area contributed by atoms with E-state index in [0.29, 0.717) is 5.92 Å². The topological polar surface area (TPSA) is 37.3 Å². The maximum Gasteiger partial charge on any atom is 0.307 e. The Labute approximate surface area is 77.2 Å². The molecule has 0 aliphatic heterocycles. The van der Waals surface area contributed by atoms with Gasteiger partial charge in [-0.2, -0.15) is 0 Å². The second-order valence-electron chi connectivity index (χ2n) is 3.66. The zero-order valence-electron chi connectivity index (χ0n) is 7.47. The van der Waals surface area contributed by atoms with Gasteiger partial charge in [-0.05, 0) is 11.5 Å². The molecule has 13 heavy (non-hydrogen) atoms. The lowest BCUT2D eigenvalue weighted by Crippen LogP contribution is -1.99. The number of carboxylic acid groups (broad SMARTS) is 1. The molecule has 0 aromatic heterocycles. The van der Waals surface area contributed by atoms with Crippen LogP contribution in [0.3, 0.4) is 0 Å². The van der Waals surface area contributed by atoms with E-state index in [1.54, 1.807) is 0 Å². The molecule has 3 atom stereocenters. The molecule has 2 nitrogen and oxygen atoms in total. The van der Waals surface area contributed by atoms with E-state index in [0.717, 1.165) is 5.56 Å². The van der Waals surface area contributed by atoms with E-state index in [1.165, 1.54) is 0 Å². The van der Waals surface area contributed by atoms with Gasteiger partial charge < -0.3 is 5.11 Å². The van der Waals surface area contributed by atoms with Crippen molar-refractivity contribution in [3.63, 3.8) is 0 Å². The third-order valence-electron chi connectivity index (χ3n) is 2.85. The van der Waals surface area contributed by atoms with Gasteiger partial charge in [0.05, 0.1) is 5.92 Å². The van der Waals surface area contributed by atoms with Crippen molar-refractivity contribution in [1.82, 2.24) is 0 Å². The highest BCUT2D eigenvalue weighted by Gasteiger charge is 2.52. The molecule has 1 fully saturated rings. The normalized spacial score (nSPS) is 31.3. The average molecular weight is 176 g/mol. The predicted octanol–water partition coefficient (Wildman–Crippen LogP) is 2.12. The smallest absolute Gasteiger partial charge is 0.307 e. The van der Waals surface area contributed by atoms with Crippen molar-refractivity contribution in [2.24, 2.45) is 11.8 Å². The zero-order chi connectivity index (χ0) is 9.42. The van der Waals surface area contributed by atoms with Crippen molar-refractivity contribution in [1.29, 1.82) is 0 Å². The Kier molecular flexibility index (Phi) is 1.83. The van der Waals surface area contributed by atoms with Crippen LogP contribution in [0.5, 0.6) is 0 Å². The van der Waals surface area contributed by atoms with Crippen LogP contribution in [0.1, 0.15) is 18.4 Å². The van der Waals surface area contributed by atoms with Gasteiger partial charge in [-0.1, -0.05) is 37.3 Å². The predicted molar refractivity (Wildman–Crippen MR) is 49.5 cm³/mol. The summed E-state index contributed by atoms with van der Waals surface area (Å²) in [4.78, 5) is 10.8. The second-order valence-corrected chi connectivity index (χ2v) is 3.66. The fourth-order valence-corrected chi connectivity index (χ4v) is 2.03. The van der Waals surface area contributed by atoms with Crippen molar-refractivity contribution in [3.05, 3.63) is 35.9 Å². The first-order valence-corrected chi connectivity index (χ1v) is 4.49. The van der Waals surface area contributed by atoms with Crippen LogP contribution in [0.4, 0.5) is 0 Å². The van der Waals surface area contributed by atoms with Crippen molar-refractivity contribution in [3.8, 4) is 0 Å². The van der Waals surface area contributed by atoms with Gasteiger partial charge in [0, 0.05) is 5.92 Å². The van der Waals surface area contributed by atoms with Gasteiger partial charge >= 0.3 is 5.97 Å². The van der Waals surface area contributed by atoms with Crippen LogP contribution >= 0.6 is 0 Å². The molecule has 0 spiro atoms. The fourth-order valence-electron chi connectivity index (χ4n) is 2.03.